The number of aliphatic hydroxyl groups excluding tert-OH is 1. The fourth-order valence-electron chi connectivity index (χ4n) is 4.02. The molecule has 0 unspecified atom stereocenters. The van der Waals surface area contributed by atoms with Gasteiger partial charge in [0.15, 0.2) is 0 Å². The number of ketones is 1. The lowest BCUT2D eigenvalue weighted by molar-refractivity contribution is -0.146. The monoisotopic (exact) mass is 338 g/mol. The summed E-state index contributed by atoms with van der Waals surface area (Å²) >= 11 is 0. The van der Waals surface area contributed by atoms with E-state index >= 15 is 0 Å². The minimum atomic E-state index is -1.16. The summed E-state index contributed by atoms with van der Waals surface area (Å²) < 4.78 is 6.45. The molecule has 2 aliphatic rings. The van der Waals surface area contributed by atoms with Crippen LogP contribution in [-0.4, -0.2) is 38.9 Å². The number of aliphatic hydroxyl groups is 2. The second kappa shape index (κ2) is 6.89. The summed E-state index contributed by atoms with van der Waals surface area (Å²) in [5, 5.41) is 21.3. The van der Waals surface area contributed by atoms with Crippen LogP contribution in [0.5, 0.6) is 0 Å². The van der Waals surface area contributed by atoms with Gasteiger partial charge < -0.3 is 14.9 Å². The summed E-state index contributed by atoms with van der Waals surface area (Å²) in [5.74, 6) is 0.493. The Bertz CT molecular complexity index is 496. The first kappa shape index (κ1) is 19.6. The molecular formula is C20H34O4. The molecule has 0 radical (unpaired) electrons. The summed E-state index contributed by atoms with van der Waals surface area (Å²) in [6.07, 6.45) is 6.74. The number of fused-ring (bicyclic) bond motifs is 2. The number of hydrogen-bond acceptors (Lipinski definition) is 4. The van der Waals surface area contributed by atoms with Crippen LogP contribution in [0, 0.1) is 11.8 Å². The van der Waals surface area contributed by atoms with Gasteiger partial charge in [0, 0.05) is 12.8 Å². The Morgan fingerprint density at radius 1 is 1.21 bits per heavy atom. The van der Waals surface area contributed by atoms with Crippen molar-refractivity contribution in [2.75, 3.05) is 0 Å². The molecule has 4 nitrogen and oxygen atoms in total. The molecule has 24 heavy (non-hydrogen) atoms. The van der Waals surface area contributed by atoms with E-state index in [2.05, 4.69) is 13.8 Å². The molecule has 0 saturated carbocycles. The number of carbonyl (C=O) groups is 1. The van der Waals surface area contributed by atoms with Gasteiger partial charge in [-0.1, -0.05) is 32.9 Å². The Morgan fingerprint density at radius 2 is 1.88 bits per heavy atom. The van der Waals surface area contributed by atoms with Gasteiger partial charge in [0.05, 0.1) is 22.9 Å². The van der Waals surface area contributed by atoms with Crippen molar-refractivity contribution < 1.29 is 19.7 Å². The predicted molar refractivity (Wildman–Crippen MR) is 94.7 cm³/mol. The normalized spacial score (nSPS) is 44.9. The van der Waals surface area contributed by atoms with Crippen molar-refractivity contribution in [3.8, 4) is 0 Å². The molecule has 0 amide bonds. The number of rotatable bonds is 1. The molecule has 2 N–H and O–H groups in total. The summed E-state index contributed by atoms with van der Waals surface area (Å²) in [6, 6.07) is 0. The van der Waals surface area contributed by atoms with Gasteiger partial charge in [0.1, 0.15) is 5.78 Å². The number of Topliss-reactive ketones (excluding diaryl/α,β-unsaturated/α-hetero) is 1. The van der Waals surface area contributed by atoms with Gasteiger partial charge in [0.2, 0.25) is 0 Å². The third-order valence-corrected chi connectivity index (χ3v) is 5.91. The molecule has 138 valence electrons. The Hall–Kier alpha value is -0.710. The van der Waals surface area contributed by atoms with Gasteiger partial charge in [-0.25, -0.2) is 0 Å². The highest BCUT2D eigenvalue weighted by Crippen LogP contribution is 2.46. The van der Waals surface area contributed by atoms with Crippen LogP contribution in [0.2, 0.25) is 0 Å². The van der Waals surface area contributed by atoms with Gasteiger partial charge in [0.25, 0.3) is 0 Å². The molecule has 2 aliphatic heterocycles. The molecule has 0 aliphatic carbocycles. The van der Waals surface area contributed by atoms with Crippen LogP contribution in [0.15, 0.2) is 12.2 Å². The molecule has 0 aromatic carbocycles. The lowest BCUT2D eigenvalue weighted by atomic mass is 9.82. The predicted octanol–water partition coefficient (Wildman–Crippen LogP) is 3.40. The lowest BCUT2D eigenvalue weighted by Crippen LogP contribution is -2.44. The van der Waals surface area contributed by atoms with E-state index in [-0.39, 0.29) is 24.0 Å². The van der Waals surface area contributed by atoms with Gasteiger partial charge in [-0.05, 0) is 51.4 Å². The van der Waals surface area contributed by atoms with Crippen LogP contribution in [-0.2, 0) is 9.53 Å². The topological polar surface area (TPSA) is 66.8 Å². The molecule has 0 aromatic heterocycles. The Balaban J connectivity index is 2.36. The summed E-state index contributed by atoms with van der Waals surface area (Å²) in [4.78, 5) is 12.2. The fourth-order valence-corrected chi connectivity index (χ4v) is 4.02. The van der Waals surface area contributed by atoms with Gasteiger partial charge in [-0.2, -0.15) is 0 Å². The van der Waals surface area contributed by atoms with Gasteiger partial charge >= 0.3 is 0 Å². The second-order valence-electron chi connectivity index (χ2n) is 8.83. The van der Waals surface area contributed by atoms with Crippen molar-refractivity contribution in [3.05, 3.63) is 12.2 Å². The average molecular weight is 338 g/mol. The highest BCUT2D eigenvalue weighted by molar-refractivity contribution is 5.79. The van der Waals surface area contributed by atoms with Gasteiger partial charge in [-0.3, -0.25) is 4.79 Å². The molecule has 4 heteroatoms. The van der Waals surface area contributed by atoms with E-state index in [1.165, 1.54) is 0 Å². The quantitative estimate of drug-likeness (QED) is 0.719. The van der Waals surface area contributed by atoms with E-state index in [1.54, 1.807) is 13.0 Å². The second-order valence-corrected chi connectivity index (χ2v) is 8.83. The first-order valence-corrected chi connectivity index (χ1v) is 9.31. The van der Waals surface area contributed by atoms with Crippen molar-refractivity contribution in [3.63, 3.8) is 0 Å². The summed E-state index contributed by atoms with van der Waals surface area (Å²) in [6.45, 7) is 9.90. The van der Waals surface area contributed by atoms with Crippen LogP contribution in [0.1, 0.15) is 73.1 Å². The van der Waals surface area contributed by atoms with Gasteiger partial charge in [-0.15, -0.1) is 0 Å². The molecule has 1 saturated heterocycles. The Kier molecular flexibility index (Phi) is 5.63. The SMILES string of the molecule is CC(C)[C@]12C=C[C@@](C)(O)CC(=O)C[C@@H](C)CC[C@@H](O)[C@](C)(CC1)O2. The molecular weight excluding hydrogens is 304 g/mol. The summed E-state index contributed by atoms with van der Waals surface area (Å²) in [5.41, 5.74) is -2.23. The minimum absolute atomic E-state index is 0.0711. The fraction of sp³-hybridized carbons (Fsp3) is 0.850. The zero-order chi connectivity index (χ0) is 18.2. The zero-order valence-corrected chi connectivity index (χ0v) is 15.8. The van der Waals surface area contributed by atoms with Crippen molar-refractivity contribution >= 4 is 5.78 Å². The molecule has 2 rings (SSSR count). The maximum Gasteiger partial charge on any atom is 0.136 e. The zero-order valence-electron chi connectivity index (χ0n) is 15.8. The maximum atomic E-state index is 12.2. The highest BCUT2D eigenvalue weighted by Gasteiger charge is 2.50. The van der Waals surface area contributed by atoms with E-state index in [4.69, 9.17) is 4.74 Å². The molecule has 1 fully saturated rings. The van der Waals surface area contributed by atoms with Crippen molar-refractivity contribution in [1.29, 1.82) is 0 Å². The molecule has 0 spiro atoms. The average Bonchev–Trinajstić information content (AvgIpc) is 2.81. The van der Waals surface area contributed by atoms with Crippen molar-refractivity contribution in [2.45, 2.75) is 96.1 Å². The number of hydrogen-bond donors (Lipinski definition) is 2. The number of carbonyl (C=O) groups excluding carboxylic acids is 1. The van der Waals surface area contributed by atoms with E-state index < -0.39 is 22.9 Å². The minimum Gasteiger partial charge on any atom is -0.390 e. The largest absolute Gasteiger partial charge is 0.390 e. The van der Waals surface area contributed by atoms with E-state index in [0.29, 0.717) is 12.8 Å². The van der Waals surface area contributed by atoms with E-state index in [9.17, 15) is 15.0 Å². The highest BCUT2D eigenvalue weighted by atomic mass is 16.5. The van der Waals surface area contributed by atoms with Crippen LogP contribution in [0.4, 0.5) is 0 Å². The first-order valence-electron chi connectivity index (χ1n) is 9.31. The molecule has 2 heterocycles. The number of ether oxygens (including phenoxy) is 1. The smallest absolute Gasteiger partial charge is 0.136 e. The molecule has 2 bridgehead atoms. The Labute approximate surface area is 146 Å². The lowest BCUT2D eigenvalue weighted by Gasteiger charge is -2.37. The summed E-state index contributed by atoms with van der Waals surface area (Å²) in [7, 11) is 0. The van der Waals surface area contributed by atoms with Crippen molar-refractivity contribution in [1.82, 2.24) is 0 Å². The standard InChI is InChI=1S/C20H34O4/c1-14(2)20-10-8-18(4,23)13-16(21)12-15(3)6-7-17(22)19(5,24-20)9-11-20/h8,10,14-15,17,22-23H,6-7,9,11-13H2,1-5H3/t15-,17+,18+,19-,20-/m0/s1. The molecule has 5 atom stereocenters. The van der Waals surface area contributed by atoms with E-state index in [1.807, 2.05) is 19.9 Å². The third kappa shape index (κ3) is 4.27. The molecule has 0 aromatic rings. The van der Waals surface area contributed by atoms with Crippen LogP contribution in [0.3, 0.4) is 0 Å². The van der Waals surface area contributed by atoms with Crippen LogP contribution >= 0.6 is 0 Å². The van der Waals surface area contributed by atoms with Crippen molar-refractivity contribution in [2.24, 2.45) is 11.8 Å². The maximum absolute atomic E-state index is 12.2. The first-order chi connectivity index (χ1) is 11.0. The van der Waals surface area contributed by atoms with E-state index in [0.717, 1.165) is 19.3 Å². The van der Waals surface area contributed by atoms with Crippen LogP contribution < -0.4 is 0 Å². The van der Waals surface area contributed by atoms with Crippen LogP contribution in [0.25, 0.3) is 0 Å². The third-order valence-electron chi connectivity index (χ3n) is 5.91. The Morgan fingerprint density at radius 3 is 2.50 bits per heavy atom.